The van der Waals surface area contributed by atoms with E-state index in [1.54, 1.807) is 0 Å². The predicted molar refractivity (Wildman–Crippen MR) is 85.1 cm³/mol. The minimum atomic E-state index is 0.715. The Balaban J connectivity index is 1.63. The quantitative estimate of drug-likeness (QED) is 0.834. The fraction of sp³-hybridized carbons (Fsp3) is 1.00. The molecule has 3 atom stereocenters. The third kappa shape index (κ3) is 3.05. The van der Waals surface area contributed by atoms with Crippen molar-refractivity contribution >= 4 is 0 Å². The smallest absolute Gasteiger partial charge is 0.0238 e. The maximum Gasteiger partial charge on any atom is 0.0238 e. The number of fused-ring (bicyclic) bond motifs is 2. The van der Waals surface area contributed by atoms with Crippen LogP contribution in [-0.4, -0.2) is 59.6 Å². The zero-order valence-electron chi connectivity index (χ0n) is 13.6. The normalized spacial score (nSPS) is 38.2. The summed E-state index contributed by atoms with van der Waals surface area (Å²) in [4.78, 5) is 5.57. The first-order valence-corrected chi connectivity index (χ1v) is 8.93. The summed E-state index contributed by atoms with van der Waals surface area (Å²) in [6, 6.07) is 4.03. The number of rotatable bonds is 5. The first-order chi connectivity index (χ1) is 9.67. The fourth-order valence-corrected chi connectivity index (χ4v) is 4.73. The van der Waals surface area contributed by atoms with E-state index in [1.807, 2.05) is 0 Å². The van der Waals surface area contributed by atoms with Gasteiger partial charge in [0.05, 0.1) is 0 Å². The molecule has 3 heterocycles. The molecule has 3 aliphatic rings. The van der Waals surface area contributed by atoms with Crippen molar-refractivity contribution in [2.24, 2.45) is 0 Å². The third-order valence-electron chi connectivity index (χ3n) is 5.79. The molecule has 0 aromatic carbocycles. The van der Waals surface area contributed by atoms with E-state index >= 15 is 0 Å². The van der Waals surface area contributed by atoms with Crippen LogP contribution in [0.2, 0.25) is 0 Å². The second kappa shape index (κ2) is 6.33. The minimum Gasteiger partial charge on any atom is -0.311 e. The van der Waals surface area contributed by atoms with Crippen molar-refractivity contribution in [1.82, 2.24) is 15.1 Å². The molecule has 3 fully saturated rings. The highest BCUT2D eigenvalue weighted by Crippen LogP contribution is 2.32. The molecule has 3 nitrogen and oxygen atoms in total. The molecule has 0 spiro atoms. The van der Waals surface area contributed by atoms with Crippen molar-refractivity contribution in [3.8, 4) is 0 Å². The average Bonchev–Trinajstić information content (AvgIpc) is 3.03. The Morgan fingerprint density at radius 3 is 2.35 bits per heavy atom. The number of hydrogen-bond acceptors (Lipinski definition) is 3. The van der Waals surface area contributed by atoms with E-state index in [-0.39, 0.29) is 0 Å². The zero-order valence-corrected chi connectivity index (χ0v) is 13.6. The molecular formula is C17H33N3. The fourth-order valence-electron chi connectivity index (χ4n) is 4.73. The second-order valence-corrected chi connectivity index (χ2v) is 7.53. The summed E-state index contributed by atoms with van der Waals surface area (Å²) in [7, 11) is 0. The van der Waals surface area contributed by atoms with E-state index < -0.39 is 0 Å². The Bertz CT molecular complexity index is 305. The molecule has 0 aromatic heterocycles. The Hall–Kier alpha value is -0.120. The highest BCUT2D eigenvalue weighted by Gasteiger charge is 2.39. The number of piperidine rings is 1. The van der Waals surface area contributed by atoms with E-state index in [0.717, 1.165) is 24.2 Å². The topological polar surface area (TPSA) is 18.5 Å². The summed E-state index contributed by atoms with van der Waals surface area (Å²) in [5.74, 6) is 0. The minimum absolute atomic E-state index is 0.715. The van der Waals surface area contributed by atoms with Gasteiger partial charge in [-0.1, -0.05) is 6.92 Å². The van der Waals surface area contributed by atoms with Crippen LogP contribution in [0.15, 0.2) is 0 Å². The molecule has 3 heteroatoms. The van der Waals surface area contributed by atoms with Gasteiger partial charge in [0.15, 0.2) is 0 Å². The van der Waals surface area contributed by atoms with Crippen molar-refractivity contribution < 1.29 is 0 Å². The summed E-state index contributed by atoms with van der Waals surface area (Å²) in [6.45, 7) is 10.9. The maximum absolute atomic E-state index is 3.80. The van der Waals surface area contributed by atoms with Crippen molar-refractivity contribution in [3.05, 3.63) is 0 Å². The standard InChI is InChI=1S/C17H33N3/c1-4-8-20(16-7-9-19(12-16)13(2)3)17-10-14-5-6-15(11-17)18-14/h13-18H,4-12H2,1-3H3. The number of hydrogen-bond donors (Lipinski definition) is 1. The van der Waals surface area contributed by atoms with Crippen LogP contribution in [0.4, 0.5) is 0 Å². The van der Waals surface area contributed by atoms with E-state index in [9.17, 15) is 0 Å². The largest absolute Gasteiger partial charge is 0.311 e. The summed E-state index contributed by atoms with van der Waals surface area (Å²) in [5.41, 5.74) is 0. The molecule has 0 amide bonds. The molecular weight excluding hydrogens is 246 g/mol. The molecule has 1 N–H and O–H groups in total. The predicted octanol–water partition coefficient (Wildman–Crippen LogP) is 2.46. The highest BCUT2D eigenvalue weighted by molar-refractivity contribution is 4.98. The van der Waals surface area contributed by atoms with E-state index in [4.69, 9.17) is 0 Å². The van der Waals surface area contributed by atoms with Gasteiger partial charge in [-0.3, -0.25) is 9.80 Å². The molecule has 3 rings (SSSR count). The molecule has 116 valence electrons. The van der Waals surface area contributed by atoms with Gasteiger partial charge >= 0.3 is 0 Å². The molecule has 0 radical (unpaired) electrons. The zero-order chi connectivity index (χ0) is 14.1. The van der Waals surface area contributed by atoms with E-state index in [2.05, 4.69) is 35.9 Å². The summed E-state index contributed by atoms with van der Waals surface area (Å²) in [6.07, 6.45) is 8.33. The molecule has 0 aliphatic carbocycles. The van der Waals surface area contributed by atoms with Crippen LogP contribution < -0.4 is 5.32 Å². The Morgan fingerprint density at radius 2 is 1.80 bits per heavy atom. The van der Waals surface area contributed by atoms with Gasteiger partial charge in [0, 0.05) is 43.3 Å². The van der Waals surface area contributed by atoms with E-state index in [0.29, 0.717) is 6.04 Å². The van der Waals surface area contributed by atoms with Gasteiger partial charge in [-0.25, -0.2) is 0 Å². The lowest BCUT2D eigenvalue weighted by Gasteiger charge is -2.41. The van der Waals surface area contributed by atoms with Gasteiger partial charge < -0.3 is 5.32 Å². The van der Waals surface area contributed by atoms with Crippen LogP contribution in [0.25, 0.3) is 0 Å². The van der Waals surface area contributed by atoms with Crippen LogP contribution in [0.5, 0.6) is 0 Å². The summed E-state index contributed by atoms with van der Waals surface area (Å²) < 4.78 is 0. The Labute approximate surface area is 125 Å². The van der Waals surface area contributed by atoms with Crippen molar-refractivity contribution in [1.29, 1.82) is 0 Å². The van der Waals surface area contributed by atoms with Gasteiger partial charge in [-0.2, -0.15) is 0 Å². The van der Waals surface area contributed by atoms with Crippen molar-refractivity contribution in [2.45, 2.75) is 89.5 Å². The molecule has 2 bridgehead atoms. The van der Waals surface area contributed by atoms with Crippen LogP contribution in [0.1, 0.15) is 59.3 Å². The molecule has 3 aliphatic heterocycles. The van der Waals surface area contributed by atoms with Gasteiger partial charge in [0.25, 0.3) is 0 Å². The molecule has 20 heavy (non-hydrogen) atoms. The Kier molecular flexibility index (Phi) is 4.68. The van der Waals surface area contributed by atoms with Crippen molar-refractivity contribution in [3.63, 3.8) is 0 Å². The lowest BCUT2D eigenvalue weighted by molar-refractivity contribution is 0.0931. The first-order valence-electron chi connectivity index (χ1n) is 8.93. The van der Waals surface area contributed by atoms with E-state index in [1.165, 1.54) is 58.2 Å². The molecule has 0 aromatic rings. The number of nitrogens with one attached hydrogen (secondary N) is 1. The second-order valence-electron chi connectivity index (χ2n) is 7.53. The first kappa shape index (κ1) is 14.8. The molecule has 3 saturated heterocycles. The lowest BCUT2D eigenvalue weighted by Crippen LogP contribution is -2.52. The summed E-state index contributed by atoms with van der Waals surface area (Å²) in [5, 5.41) is 3.80. The van der Waals surface area contributed by atoms with Gasteiger partial charge in [0.1, 0.15) is 0 Å². The molecule has 3 unspecified atom stereocenters. The van der Waals surface area contributed by atoms with Gasteiger partial charge in [-0.15, -0.1) is 0 Å². The molecule has 0 saturated carbocycles. The van der Waals surface area contributed by atoms with Crippen molar-refractivity contribution in [2.75, 3.05) is 19.6 Å². The SMILES string of the molecule is CCCN(C1CC2CCC(C1)N2)C1CCN(C(C)C)C1. The number of likely N-dealkylation sites (tertiary alicyclic amines) is 1. The van der Waals surface area contributed by atoms with Crippen LogP contribution in [0, 0.1) is 0 Å². The number of nitrogens with zero attached hydrogens (tertiary/aromatic N) is 2. The van der Waals surface area contributed by atoms with Crippen LogP contribution >= 0.6 is 0 Å². The average molecular weight is 279 g/mol. The summed E-state index contributed by atoms with van der Waals surface area (Å²) >= 11 is 0. The van der Waals surface area contributed by atoms with Crippen LogP contribution in [-0.2, 0) is 0 Å². The third-order valence-corrected chi connectivity index (χ3v) is 5.79. The monoisotopic (exact) mass is 279 g/mol. The highest BCUT2D eigenvalue weighted by atomic mass is 15.3. The van der Waals surface area contributed by atoms with Gasteiger partial charge in [0.2, 0.25) is 0 Å². The van der Waals surface area contributed by atoms with Gasteiger partial charge in [-0.05, 0) is 58.9 Å². The lowest BCUT2D eigenvalue weighted by atomic mass is 9.96. The maximum atomic E-state index is 3.80. The Morgan fingerprint density at radius 1 is 1.10 bits per heavy atom. The van der Waals surface area contributed by atoms with Crippen LogP contribution in [0.3, 0.4) is 0 Å².